The van der Waals surface area contributed by atoms with Crippen molar-refractivity contribution in [3.05, 3.63) is 18.1 Å². The Morgan fingerprint density at radius 3 is 3.12 bits per heavy atom. The summed E-state index contributed by atoms with van der Waals surface area (Å²) in [5.74, 6) is 0.516. The van der Waals surface area contributed by atoms with Crippen LogP contribution in [0, 0.1) is 0 Å². The number of hydrogen-bond donors (Lipinski definition) is 1. The molecule has 1 saturated heterocycles. The third kappa shape index (κ3) is 2.91. The molecule has 0 saturated carbocycles. The van der Waals surface area contributed by atoms with E-state index in [0.717, 1.165) is 6.42 Å². The maximum atomic E-state index is 12.2. The first-order chi connectivity index (χ1) is 8.31. The predicted octanol–water partition coefficient (Wildman–Crippen LogP) is 0.381. The Kier molecular flexibility index (Phi) is 3.87. The summed E-state index contributed by atoms with van der Waals surface area (Å²) < 4.78 is 5.31. The Hall–Kier alpha value is -1.69. The smallest absolute Gasteiger partial charge is 0.274 e. The van der Waals surface area contributed by atoms with E-state index >= 15 is 0 Å². The van der Waals surface area contributed by atoms with E-state index in [-0.39, 0.29) is 5.91 Å². The summed E-state index contributed by atoms with van der Waals surface area (Å²) in [6, 6.07) is 0. The van der Waals surface area contributed by atoms with Crippen LogP contribution in [0.1, 0.15) is 16.9 Å². The van der Waals surface area contributed by atoms with Gasteiger partial charge in [0, 0.05) is 26.7 Å². The maximum absolute atomic E-state index is 12.2. The first kappa shape index (κ1) is 11.8. The SMILES string of the molecule is CNc1cncc(C(=O)N2CCCOCC2)n1. The second-order valence-electron chi connectivity index (χ2n) is 3.80. The normalized spacial score (nSPS) is 16.4. The van der Waals surface area contributed by atoms with Crippen LogP contribution in [0.2, 0.25) is 0 Å². The summed E-state index contributed by atoms with van der Waals surface area (Å²) in [6.45, 7) is 2.63. The van der Waals surface area contributed by atoms with Crippen LogP contribution in [0.25, 0.3) is 0 Å². The van der Waals surface area contributed by atoms with Crippen molar-refractivity contribution in [3.63, 3.8) is 0 Å². The van der Waals surface area contributed by atoms with Crippen molar-refractivity contribution in [2.45, 2.75) is 6.42 Å². The molecule has 6 heteroatoms. The van der Waals surface area contributed by atoms with E-state index in [9.17, 15) is 4.79 Å². The topological polar surface area (TPSA) is 67.4 Å². The molecule has 1 aromatic rings. The van der Waals surface area contributed by atoms with Gasteiger partial charge in [0.1, 0.15) is 11.5 Å². The molecule has 1 aliphatic rings. The van der Waals surface area contributed by atoms with E-state index in [2.05, 4.69) is 15.3 Å². The molecule has 1 amide bonds. The number of nitrogens with one attached hydrogen (secondary N) is 1. The van der Waals surface area contributed by atoms with E-state index < -0.39 is 0 Å². The van der Waals surface area contributed by atoms with Gasteiger partial charge in [0.15, 0.2) is 0 Å². The fourth-order valence-electron chi connectivity index (χ4n) is 1.70. The lowest BCUT2D eigenvalue weighted by Crippen LogP contribution is -2.33. The van der Waals surface area contributed by atoms with Gasteiger partial charge in [-0.3, -0.25) is 9.78 Å². The van der Waals surface area contributed by atoms with Crippen LogP contribution in [-0.4, -0.2) is 54.1 Å². The molecule has 0 bridgehead atoms. The quantitative estimate of drug-likeness (QED) is 0.804. The summed E-state index contributed by atoms with van der Waals surface area (Å²) in [4.78, 5) is 22.1. The zero-order valence-corrected chi connectivity index (χ0v) is 9.85. The van der Waals surface area contributed by atoms with E-state index in [1.165, 1.54) is 6.20 Å². The number of anilines is 1. The molecular weight excluding hydrogens is 220 g/mol. The number of carbonyl (C=O) groups is 1. The molecule has 0 spiro atoms. The summed E-state index contributed by atoms with van der Waals surface area (Å²) in [7, 11) is 1.75. The number of rotatable bonds is 2. The number of nitrogens with zero attached hydrogens (tertiary/aromatic N) is 3. The average Bonchev–Trinajstić information content (AvgIpc) is 2.67. The molecule has 0 atom stereocenters. The molecule has 0 aliphatic carbocycles. The van der Waals surface area contributed by atoms with Crippen LogP contribution in [0.3, 0.4) is 0 Å². The van der Waals surface area contributed by atoms with Gasteiger partial charge in [0.2, 0.25) is 0 Å². The molecule has 92 valence electrons. The predicted molar refractivity (Wildman–Crippen MR) is 62.9 cm³/mol. The second-order valence-corrected chi connectivity index (χ2v) is 3.80. The number of hydrogen-bond acceptors (Lipinski definition) is 5. The third-order valence-electron chi connectivity index (χ3n) is 2.62. The Morgan fingerprint density at radius 1 is 1.41 bits per heavy atom. The Bertz CT molecular complexity index is 389. The van der Waals surface area contributed by atoms with Crippen LogP contribution in [-0.2, 0) is 4.74 Å². The molecule has 1 aliphatic heterocycles. The van der Waals surface area contributed by atoms with Crippen LogP contribution < -0.4 is 5.32 Å². The van der Waals surface area contributed by atoms with Crippen molar-refractivity contribution in [1.29, 1.82) is 0 Å². The average molecular weight is 236 g/mol. The Labute approximate surface area is 100 Å². The third-order valence-corrected chi connectivity index (χ3v) is 2.62. The Balaban J connectivity index is 2.11. The Morgan fingerprint density at radius 2 is 2.29 bits per heavy atom. The first-order valence-corrected chi connectivity index (χ1v) is 5.68. The fraction of sp³-hybridized carbons (Fsp3) is 0.545. The van der Waals surface area contributed by atoms with Crippen LogP contribution in [0.15, 0.2) is 12.4 Å². The van der Waals surface area contributed by atoms with Crippen molar-refractivity contribution in [1.82, 2.24) is 14.9 Å². The molecule has 2 heterocycles. The van der Waals surface area contributed by atoms with Gasteiger partial charge in [-0.05, 0) is 6.42 Å². The highest BCUT2D eigenvalue weighted by Gasteiger charge is 2.19. The summed E-state index contributed by atoms with van der Waals surface area (Å²) in [5.41, 5.74) is 0.374. The monoisotopic (exact) mass is 236 g/mol. The lowest BCUT2D eigenvalue weighted by Gasteiger charge is -2.18. The zero-order valence-electron chi connectivity index (χ0n) is 9.85. The van der Waals surface area contributed by atoms with Gasteiger partial charge in [-0.15, -0.1) is 0 Å². The summed E-state index contributed by atoms with van der Waals surface area (Å²) in [6.07, 6.45) is 3.95. The van der Waals surface area contributed by atoms with Crippen molar-refractivity contribution in [3.8, 4) is 0 Å². The van der Waals surface area contributed by atoms with Gasteiger partial charge in [0.05, 0.1) is 19.0 Å². The van der Waals surface area contributed by atoms with Gasteiger partial charge >= 0.3 is 0 Å². The van der Waals surface area contributed by atoms with Crippen molar-refractivity contribution < 1.29 is 9.53 Å². The molecule has 17 heavy (non-hydrogen) atoms. The van der Waals surface area contributed by atoms with Crippen LogP contribution in [0.4, 0.5) is 5.82 Å². The fourth-order valence-corrected chi connectivity index (χ4v) is 1.70. The highest BCUT2D eigenvalue weighted by atomic mass is 16.5. The van der Waals surface area contributed by atoms with Crippen LogP contribution >= 0.6 is 0 Å². The summed E-state index contributed by atoms with van der Waals surface area (Å²) in [5, 5.41) is 2.87. The van der Waals surface area contributed by atoms with Crippen molar-refractivity contribution in [2.24, 2.45) is 0 Å². The highest BCUT2D eigenvalue weighted by molar-refractivity contribution is 5.92. The van der Waals surface area contributed by atoms with Gasteiger partial charge < -0.3 is 15.0 Å². The minimum Gasteiger partial charge on any atom is -0.380 e. The lowest BCUT2D eigenvalue weighted by molar-refractivity contribution is 0.0735. The molecular formula is C11H16N4O2. The van der Waals surface area contributed by atoms with Gasteiger partial charge in [0.25, 0.3) is 5.91 Å². The van der Waals surface area contributed by atoms with Gasteiger partial charge in [-0.2, -0.15) is 0 Å². The van der Waals surface area contributed by atoms with Crippen molar-refractivity contribution in [2.75, 3.05) is 38.7 Å². The highest BCUT2D eigenvalue weighted by Crippen LogP contribution is 2.07. The van der Waals surface area contributed by atoms with E-state index in [4.69, 9.17) is 4.74 Å². The first-order valence-electron chi connectivity index (χ1n) is 5.68. The lowest BCUT2D eigenvalue weighted by atomic mass is 10.3. The molecule has 1 N–H and O–H groups in total. The molecule has 0 aromatic carbocycles. The zero-order chi connectivity index (χ0) is 12.1. The number of amides is 1. The maximum Gasteiger partial charge on any atom is 0.274 e. The van der Waals surface area contributed by atoms with Gasteiger partial charge in [-0.1, -0.05) is 0 Å². The largest absolute Gasteiger partial charge is 0.380 e. The summed E-state index contributed by atoms with van der Waals surface area (Å²) >= 11 is 0. The number of carbonyl (C=O) groups excluding carboxylic acids is 1. The number of aromatic nitrogens is 2. The second kappa shape index (κ2) is 5.58. The van der Waals surface area contributed by atoms with Crippen molar-refractivity contribution >= 4 is 11.7 Å². The minimum absolute atomic E-state index is 0.0832. The van der Waals surface area contributed by atoms with E-state index in [0.29, 0.717) is 37.8 Å². The minimum atomic E-state index is -0.0832. The van der Waals surface area contributed by atoms with Crippen LogP contribution in [0.5, 0.6) is 0 Å². The molecule has 6 nitrogen and oxygen atoms in total. The standard InChI is InChI=1S/C11H16N4O2/c1-12-10-8-13-7-9(14-10)11(16)15-3-2-5-17-6-4-15/h7-8H,2-6H2,1H3,(H,12,14). The molecule has 1 fully saturated rings. The van der Waals surface area contributed by atoms with E-state index in [1.54, 1.807) is 18.1 Å². The van der Waals surface area contributed by atoms with E-state index in [1.807, 2.05) is 0 Å². The molecule has 1 aromatic heterocycles. The number of ether oxygens (including phenoxy) is 1. The molecule has 0 radical (unpaired) electrons. The molecule has 0 unspecified atom stereocenters. The van der Waals surface area contributed by atoms with Gasteiger partial charge in [-0.25, -0.2) is 4.98 Å². The molecule has 2 rings (SSSR count).